The van der Waals surface area contributed by atoms with Crippen LogP contribution in [0.2, 0.25) is 0 Å². The van der Waals surface area contributed by atoms with Gasteiger partial charge in [-0.25, -0.2) is 4.79 Å². The van der Waals surface area contributed by atoms with Crippen molar-refractivity contribution in [2.24, 2.45) is 0 Å². The molecule has 90 valence electrons. The summed E-state index contributed by atoms with van der Waals surface area (Å²) in [7, 11) is 0. The minimum atomic E-state index is -0.321. The van der Waals surface area contributed by atoms with Gasteiger partial charge in [0.15, 0.2) is 0 Å². The summed E-state index contributed by atoms with van der Waals surface area (Å²) in [5, 5.41) is 11.7. The summed E-state index contributed by atoms with van der Waals surface area (Å²) in [5.41, 5.74) is 0. The number of carbonyl (C=O) groups is 1. The molecule has 0 aliphatic carbocycles. The number of unbranched alkanes of at least 4 members (excludes halogenated alkanes) is 1. The normalized spacial score (nSPS) is 10.3. The molecule has 0 aromatic heterocycles. The van der Waals surface area contributed by atoms with Crippen LogP contribution in [0.3, 0.4) is 0 Å². The first-order chi connectivity index (χ1) is 7.31. The van der Waals surface area contributed by atoms with Gasteiger partial charge in [-0.1, -0.05) is 0 Å². The van der Waals surface area contributed by atoms with Crippen LogP contribution in [0.15, 0.2) is 0 Å². The zero-order chi connectivity index (χ0) is 11.4. The van der Waals surface area contributed by atoms with E-state index in [9.17, 15) is 4.79 Å². The highest BCUT2D eigenvalue weighted by Gasteiger charge is 1.99. The summed E-state index contributed by atoms with van der Waals surface area (Å²) in [5.74, 6) is -0.321. The maximum absolute atomic E-state index is 10.8. The molecule has 0 saturated heterocycles. The van der Waals surface area contributed by atoms with Gasteiger partial charge in [-0.05, 0) is 26.3 Å². The fourth-order valence-electron chi connectivity index (χ4n) is 0.989. The van der Waals surface area contributed by atoms with Gasteiger partial charge in [-0.3, -0.25) is 0 Å². The van der Waals surface area contributed by atoms with Crippen molar-refractivity contribution in [2.75, 3.05) is 39.5 Å². The molecule has 15 heavy (non-hydrogen) atoms. The van der Waals surface area contributed by atoms with Crippen molar-refractivity contribution in [3.8, 4) is 0 Å². The highest BCUT2D eigenvalue weighted by Crippen LogP contribution is 1.84. The van der Waals surface area contributed by atoms with Gasteiger partial charge in [0, 0.05) is 13.2 Å². The molecule has 5 heteroatoms. The number of nitrogens with one attached hydrogen (secondary N) is 1. The predicted octanol–water partition coefficient (Wildman–Crippen LogP) is -0.0718. The van der Waals surface area contributed by atoms with Gasteiger partial charge in [0.2, 0.25) is 0 Å². The summed E-state index contributed by atoms with van der Waals surface area (Å²) in [6, 6.07) is 0. The van der Waals surface area contributed by atoms with Crippen molar-refractivity contribution in [3.05, 3.63) is 0 Å². The van der Waals surface area contributed by atoms with E-state index in [0.717, 1.165) is 19.4 Å². The number of ether oxygens (including phenoxy) is 2. The Morgan fingerprint density at radius 1 is 1.33 bits per heavy atom. The zero-order valence-corrected chi connectivity index (χ0v) is 9.33. The van der Waals surface area contributed by atoms with Crippen LogP contribution in [0.1, 0.15) is 19.8 Å². The molecule has 0 radical (unpaired) electrons. The second-order valence-corrected chi connectivity index (χ2v) is 3.04. The number of esters is 1. The lowest BCUT2D eigenvalue weighted by Gasteiger charge is -2.05. The summed E-state index contributed by atoms with van der Waals surface area (Å²) < 4.78 is 9.76. The molecular weight excluding hydrogens is 198 g/mol. The third-order valence-corrected chi connectivity index (χ3v) is 1.71. The molecule has 0 aromatic carbocycles. The van der Waals surface area contributed by atoms with Crippen molar-refractivity contribution >= 4 is 5.97 Å². The van der Waals surface area contributed by atoms with Crippen molar-refractivity contribution < 1.29 is 19.4 Å². The van der Waals surface area contributed by atoms with Crippen LogP contribution in [0.4, 0.5) is 0 Å². The molecule has 0 aliphatic heterocycles. The molecule has 0 saturated carbocycles. The number of carbonyl (C=O) groups excluding carboxylic acids is 1. The van der Waals surface area contributed by atoms with Crippen molar-refractivity contribution in [3.63, 3.8) is 0 Å². The summed E-state index contributed by atoms with van der Waals surface area (Å²) in [6.45, 7) is 4.49. The number of rotatable bonds is 10. The number of aliphatic hydroxyl groups is 1. The van der Waals surface area contributed by atoms with Gasteiger partial charge in [0.1, 0.15) is 6.61 Å². The maximum atomic E-state index is 10.8. The lowest BCUT2D eigenvalue weighted by atomic mass is 10.3. The molecule has 0 amide bonds. The molecule has 0 rings (SSSR count). The van der Waals surface area contributed by atoms with Crippen LogP contribution in [-0.2, 0) is 14.3 Å². The van der Waals surface area contributed by atoms with Crippen LogP contribution in [-0.4, -0.2) is 50.6 Å². The van der Waals surface area contributed by atoms with Gasteiger partial charge in [-0.2, -0.15) is 0 Å². The molecule has 0 atom stereocenters. The van der Waals surface area contributed by atoms with Crippen molar-refractivity contribution in [1.82, 2.24) is 5.32 Å². The molecule has 5 nitrogen and oxygen atoms in total. The average Bonchev–Trinajstić information content (AvgIpc) is 2.22. The second-order valence-electron chi connectivity index (χ2n) is 3.04. The zero-order valence-electron chi connectivity index (χ0n) is 9.33. The van der Waals surface area contributed by atoms with E-state index in [1.54, 1.807) is 6.92 Å². The highest BCUT2D eigenvalue weighted by molar-refractivity contribution is 5.70. The Morgan fingerprint density at radius 2 is 2.13 bits per heavy atom. The maximum Gasteiger partial charge on any atom is 0.332 e. The van der Waals surface area contributed by atoms with Crippen LogP contribution in [0.5, 0.6) is 0 Å². The second kappa shape index (κ2) is 11.4. The Labute approximate surface area is 90.8 Å². The molecule has 0 aliphatic rings. The van der Waals surface area contributed by atoms with Crippen LogP contribution in [0.25, 0.3) is 0 Å². The van der Waals surface area contributed by atoms with Gasteiger partial charge >= 0.3 is 5.97 Å². The number of hydrogen-bond acceptors (Lipinski definition) is 5. The fourth-order valence-corrected chi connectivity index (χ4v) is 0.989. The Morgan fingerprint density at radius 3 is 2.80 bits per heavy atom. The lowest BCUT2D eigenvalue weighted by Crippen LogP contribution is -2.23. The molecule has 0 spiro atoms. The topological polar surface area (TPSA) is 67.8 Å². The Hall–Kier alpha value is -0.650. The van der Waals surface area contributed by atoms with E-state index in [1.165, 1.54) is 0 Å². The summed E-state index contributed by atoms with van der Waals surface area (Å²) >= 11 is 0. The minimum absolute atomic E-state index is 0.0200. The Kier molecular flexibility index (Phi) is 10.9. The quantitative estimate of drug-likeness (QED) is 0.397. The fraction of sp³-hybridized carbons (Fsp3) is 0.900. The van der Waals surface area contributed by atoms with E-state index >= 15 is 0 Å². The number of hydrogen-bond donors (Lipinski definition) is 2. The summed E-state index contributed by atoms with van der Waals surface area (Å²) in [6.07, 6.45) is 1.77. The minimum Gasteiger partial charge on any atom is -0.464 e. The first kappa shape index (κ1) is 14.3. The summed E-state index contributed by atoms with van der Waals surface area (Å²) in [4.78, 5) is 10.8. The van der Waals surface area contributed by atoms with Crippen LogP contribution < -0.4 is 5.32 Å². The monoisotopic (exact) mass is 219 g/mol. The third-order valence-electron chi connectivity index (χ3n) is 1.71. The van der Waals surface area contributed by atoms with Crippen LogP contribution in [0, 0.1) is 0 Å². The molecule has 0 heterocycles. The van der Waals surface area contributed by atoms with Crippen molar-refractivity contribution in [2.45, 2.75) is 19.8 Å². The van der Waals surface area contributed by atoms with Crippen LogP contribution >= 0.6 is 0 Å². The van der Waals surface area contributed by atoms with E-state index in [-0.39, 0.29) is 19.2 Å². The molecule has 0 bridgehead atoms. The SMILES string of the molecule is CCOC(=O)COCCNCCCCO. The lowest BCUT2D eigenvalue weighted by molar-refractivity contribution is -0.148. The highest BCUT2D eigenvalue weighted by atomic mass is 16.6. The smallest absolute Gasteiger partial charge is 0.332 e. The number of aliphatic hydroxyl groups excluding tert-OH is 1. The van der Waals surface area contributed by atoms with E-state index in [4.69, 9.17) is 9.84 Å². The van der Waals surface area contributed by atoms with E-state index in [2.05, 4.69) is 10.1 Å². The first-order valence-corrected chi connectivity index (χ1v) is 5.36. The molecular formula is C10H21NO4. The molecule has 0 unspecified atom stereocenters. The molecule has 2 N–H and O–H groups in total. The van der Waals surface area contributed by atoms with Gasteiger partial charge < -0.3 is 19.9 Å². The third kappa shape index (κ3) is 11.3. The Balaban J connectivity index is 3.01. The molecule has 0 aromatic rings. The van der Waals surface area contributed by atoms with E-state index < -0.39 is 0 Å². The van der Waals surface area contributed by atoms with Gasteiger partial charge in [-0.15, -0.1) is 0 Å². The van der Waals surface area contributed by atoms with Gasteiger partial charge in [0.05, 0.1) is 13.2 Å². The largest absolute Gasteiger partial charge is 0.464 e. The van der Waals surface area contributed by atoms with Gasteiger partial charge in [0.25, 0.3) is 0 Å². The van der Waals surface area contributed by atoms with Crippen molar-refractivity contribution in [1.29, 1.82) is 0 Å². The van der Waals surface area contributed by atoms with E-state index in [0.29, 0.717) is 19.8 Å². The molecule has 0 fully saturated rings. The standard InChI is InChI=1S/C10H21NO4/c1-2-15-10(13)9-14-8-6-11-5-3-4-7-12/h11-12H,2-9H2,1H3. The average molecular weight is 219 g/mol. The Bertz CT molecular complexity index is 152. The predicted molar refractivity (Wildman–Crippen MR) is 56.6 cm³/mol. The first-order valence-electron chi connectivity index (χ1n) is 5.36. The van der Waals surface area contributed by atoms with E-state index in [1.807, 2.05) is 0 Å².